The first-order valence-corrected chi connectivity index (χ1v) is 7.52. The monoisotopic (exact) mass is 254 g/mol. The largest absolute Gasteiger partial charge is 0.478 e. The van der Waals surface area contributed by atoms with Gasteiger partial charge in [0.2, 0.25) is 0 Å². The first kappa shape index (κ1) is 17.2. The van der Waals surface area contributed by atoms with Crippen LogP contribution in [0.5, 0.6) is 0 Å². The number of rotatable bonds is 1. The number of carbonyl (C=O) groups is 1. The molecule has 0 aliphatic heterocycles. The fourth-order valence-electron chi connectivity index (χ4n) is 2.37. The van der Waals surface area contributed by atoms with Crippen molar-refractivity contribution >= 4 is 5.97 Å². The van der Waals surface area contributed by atoms with Gasteiger partial charge in [-0.15, -0.1) is 0 Å². The van der Waals surface area contributed by atoms with Gasteiger partial charge in [-0.3, -0.25) is 0 Å². The summed E-state index contributed by atoms with van der Waals surface area (Å²) in [6.07, 6.45) is 17.2. The molecule has 2 heteroatoms. The van der Waals surface area contributed by atoms with Gasteiger partial charge in [0.15, 0.2) is 0 Å². The van der Waals surface area contributed by atoms with Crippen LogP contribution in [-0.4, -0.2) is 11.1 Å². The van der Waals surface area contributed by atoms with E-state index in [-0.39, 0.29) is 0 Å². The third-order valence-corrected chi connectivity index (χ3v) is 3.57. The summed E-state index contributed by atoms with van der Waals surface area (Å²) in [7, 11) is 0. The molecule has 1 saturated carbocycles. The third-order valence-electron chi connectivity index (χ3n) is 3.57. The lowest BCUT2D eigenvalue weighted by Gasteiger charge is -2.12. The summed E-state index contributed by atoms with van der Waals surface area (Å²) in [5.41, 5.74) is 0. The van der Waals surface area contributed by atoms with Crippen LogP contribution in [0.25, 0.3) is 0 Å². The van der Waals surface area contributed by atoms with Crippen molar-refractivity contribution in [1.29, 1.82) is 0 Å². The zero-order valence-corrected chi connectivity index (χ0v) is 12.0. The van der Waals surface area contributed by atoms with Gasteiger partial charge in [0.25, 0.3) is 0 Å². The minimum Gasteiger partial charge on any atom is -0.478 e. The number of aliphatic carboxylic acids is 1. The second-order valence-electron chi connectivity index (χ2n) is 5.41. The number of hydrogen-bond acceptors (Lipinski definition) is 1. The summed E-state index contributed by atoms with van der Waals surface area (Å²) in [5.74, 6) is 0.0180. The van der Waals surface area contributed by atoms with E-state index in [9.17, 15) is 4.79 Å². The molecule has 1 aliphatic carbocycles. The van der Waals surface area contributed by atoms with Crippen molar-refractivity contribution in [3.63, 3.8) is 0 Å². The highest BCUT2D eigenvalue weighted by molar-refractivity contribution is 5.78. The van der Waals surface area contributed by atoms with Crippen LogP contribution in [0.3, 0.4) is 0 Å². The van der Waals surface area contributed by atoms with E-state index >= 15 is 0 Å². The topological polar surface area (TPSA) is 37.3 Å². The average Bonchev–Trinajstić information content (AvgIpc) is 2.34. The van der Waals surface area contributed by atoms with Crippen molar-refractivity contribution in [3.05, 3.63) is 12.7 Å². The summed E-state index contributed by atoms with van der Waals surface area (Å²) in [6.45, 7) is 5.40. The van der Waals surface area contributed by atoms with Crippen LogP contribution in [0.2, 0.25) is 0 Å². The Labute approximate surface area is 112 Å². The molecule has 1 N–H and O–H groups in total. The van der Waals surface area contributed by atoms with Crippen LogP contribution in [-0.2, 0) is 4.79 Å². The van der Waals surface area contributed by atoms with Crippen molar-refractivity contribution in [2.75, 3.05) is 0 Å². The zero-order valence-electron chi connectivity index (χ0n) is 12.0. The number of hydrogen-bond donors (Lipinski definition) is 1. The van der Waals surface area contributed by atoms with E-state index in [0.717, 1.165) is 12.0 Å². The van der Waals surface area contributed by atoms with E-state index in [1.54, 1.807) is 0 Å². The van der Waals surface area contributed by atoms with E-state index in [0.29, 0.717) is 0 Å². The number of carboxylic acid groups (broad SMARTS) is 1. The SMILES string of the molecule is C=CC(=O)O.CC1CCCCCCCCCCC1. The van der Waals surface area contributed by atoms with Gasteiger partial charge in [-0.25, -0.2) is 4.79 Å². The molecular weight excluding hydrogens is 224 g/mol. The summed E-state index contributed by atoms with van der Waals surface area (Å²) in [4.78, 5) is 9.25. The maximum atomic E-state index is 9.25. The third kappa shape index (κ3) is 13.3. The maximum absolute atomic E-state index is 9.25. The molecule has 0 unspecified atom stereocenters. The molecule has 1 aliphatic rings. The first-order chi connectivity index (χ1) is 8.66. The van der Waals surface area contributed by atoms with Gasteiger partial charge in [0, 0.05) is 6.08 Å². The zero-order chi connectivity index (χ0) is 13.6. The summed E-state index contributed by atoms with van der Waals surface area (Å²) in [6, 6.07) is 0. The summed E-state index contributed by atoms with van der Waals surface area (Å²) in [5, 5.41) is 7.60. The van der Waals surface area contributed by atoms with Crippen LogP contribution in [0.1, 0.15) is 77.6 Å². The summed E-state index contributed by atoms with van der Waals surface area (Å²) >= 11 is 0. The maximum Gasteiger partial charge on any atom is 0.327 e. The van der Waals surface area contributed by atoms with Crippen molar-refractivity contribution in [1.82, 2.24) is 0 Å². The van der Waals surface area contributed by atoms with Gasteiger partial charge in [-0.1, -0.05) is 84.1 Å². The molecule has 0 aromatic rings. The quantitative estimate of drug-likeness (QED) is 0.654. The molecule has 0 bridgehead atoms. The Morgan fingerprint density at radius 2 is 1.22 bits per heavy atom. The van der Waals surface area contributed by atoms with Crippen LogP contribution in [0, 0.1) is 5.92 Å². The molecule has 0 heterocycles. The molecule has 0 atom stereocenters. The molecule has 2 nitrogen and oxygen atoms in total. The van der Waals surface area contributed by atoms with Gasteiger partial charge in [-0.2, -0.15) is 0 Å². The molecule has 0 spiro atoms. The molecule has 0 radical (unpaired) electrons. The molecule has 1 fully saturated rings. The van der Waals surface area contributed by atoms with Crippen molar-refractivity contribution in [2.45, 2.75) is 77.6 Å². The van der Waals surface area contributed by atoms with Crippen molar-refractivity contribution in [3.8, 4) is 0 Å². The van der Waals surface area contributed by atoms with E-state index in [1.165, 1.54) is 70.6 Å². The van der Waals surface area contributed by atoms with E-state index in [4.69, 9.17) is 5.11 Å². The molecular formula is C16H30O2. The van der Waals surface area contributed by atoms with Crippen molar-refractivity contribution in [2.24, 2.45) is 5.92 Å². The molecule has 18 heavy (non-hydrogen) atoms. The van der Waals surface area contributed by atoms with Crippen molar-refractivity contribution < 1.29 is 9.90 Å². The Morgan fingerprint density at radius 1 is 0.944 bits per heavy atom. The van der Waals surface area contributed by atoms with E-state index < -0.39 is 5.97 Å². The summed E-state index contributed by atoms with van der Waals surface area (Å²) < 4.78 is 0. The Morgan fingerprint density at radius 3 is 1.50 bits per heavy atom. The molecule has 1 rings (SSSR count). The lowest BCUT2D eigenvalue weighted by atomic mass is 9.94. The smallest absolute Gasteiger partial charge is 0.327 e. The Kier molecular flexibility index (Phi) is 12.1. The fourth-order valence-corrected chi connectivity index (χ4v) is 2.37. The average molecular weight is 254 g/mol. The Balaban J connectivity index is 0.000000494. The fraction of sp³-hybridized carbons (Fsp3) is 0.812. The molecule has 0 amide bonds. The predicted octanol–water partition coefficient (Wildman–Crippen LogP) is 5.18. The van der Waals surface area contributed by atoms with Crippen LogP contribution in [0.15, 0.2) is 12.7 Å². The highest BCUT2D eigenvalue weighted by atomic mass is 16.4. The molecule has 0 aromatic carbocycles. The predicted molar refractivity (Wildman–Crippen MR) is 77.8 cm³/mol. The first-order valence-electron chi connectivity index (χ1n) is 7.52. The minimum absolute atomic E-state index is 0.833. The molecule has 0 aromatic heterocycles. The standard InChI is InChI=1S/C13H26.C3H4O2/c1-13-11-9-7-5-3-2-4-6-8-10-12-13;1-2-3(4)5/h13H,2-12H2,1H3;2H,1H2,(H,4,5). The van der Waals surface area contributed by atoms with Gasteiger partial charge < -0.3 is 5.11 Å². The van der Waals surface area contributed by atoms with E-state index in [2.05, 4.69) is 13.5 Å². The van der Waals surface area contributed by atoms with Crippen LogP contribution in [0.4, 0.5) is 0 Å². The second kappa shape index (κ2) is 12.7. The Hall–Kier alpha value is -0.790. The van der Waals surface area contributed by atoms with Gasteiger partial charge in [0.1, 0.15) is 0 Å². The van der Waals surface area contributed by atoms with Crippen LogP contribution < -0.4 is 0 Å². The van der Waals surface area contributed by atoms with Gasteiger partial charge in [0.05, 0.1) is 0 Å². The van der Waals surface area contributed by atoms with Crippen LogP contribution >= 0.6 is 0 Å². The minimum atomic E-state index is -0.981. The lowest BCUT2D eigenvalue weighted by molar-refractivity contribution is -0.131. The number of carboxylic acids is 1. The molecule has 0 saturated heterocycles. The Bertz CT molecular complexity index is 199. The normalized spacial score (nSPS) is 19.6. The van der Waals surface area contributed by atoms with Gasteiger partial charge >= 0.3 is 5.97 Å². The highest BCUT2D eigenvalue weighted by Gasteiger charge is 2.03. The lowest BCUT2D eigenvalue weighted by Crippen LogP contribution is -1.96. The second-order valence-corrected chi connectivity index (χ2v) is 5.41. The molecule has 106 valence electrons. The van der Waals surface area contributed by atoms with Gasteiger partial charge in [-0.05, 0) is 5.92 Å². The van der Waals surface area contributed by atoms with E-state index in [1.807, 2.05) is 0 Å². The highest BCUT2D eigenvalue weighted by Crippen LogP contribution is 2.20.